The number of carbonyl (C=O) groups excluding carboxylic acids is 1. The van der Waals surface area contributed by atoms with Crippen LogP contribution in [0.2, 0.25) is 0 Å². The number of thiazole rings is 1. The Bertz CT molecular complexity index is 1160. The predicted molar refractivity (Wildman–Crippen MR) is 121 cm³/mol. The summed E-state index contributed by atoms with van der Waals surface area (Å²) in [6.45, 7) is 3.46. The first-order valence-electron chi connectivity index (χ1n) is 9.49. The Morgan fingerprint density at radius 2 is 1.87 bits per heavy atom. The first-order chi connectivity index (χ1) is 14.2. The van der Waals surface area contributed by atoms with Crippen LogP contribution < -0.4 is 9.64 Å². The zero-order valence-electron chi connectivity index (χ0n) is 17.5. The first-order valence-corrected chi connectivity index (χ1v) is 12.2. The van der Waals surface area contributed by atoms with E-state index in [1.165, 1.54) is 17.4 Å². The molecule has 0 saturated carbocycles. The van der Waals surface area contributed by atoms with E-state index in [0.29, 0.717) is 24.8 Å². The highest BCUT2D eigenvalue weighted by Gasteiger charge is 2.26. The van der Waals surface area contributed by atoms with Gasteiger partial charge in [0.1, 0.15) is 5.75 Å². The number of hydrogen-bond donors (Lipinski definition) is 0. The van der Waals surface area contributed by atoms with E-state index < -0.39 is 9.84 Å². The number of amides is 1. The third kappa shape index (κ3) is 4.97. The quantitative estimate of drug-likeness (QED) is 0.527. The van der Waals surface area contributed by atoms with E-state index >= 15 is 0 Å². The smallest absolute Gasteiger partial charge is 0.261 e. The van der Waals surface area contributed by atoms with Crippen molar-refractivity contribution in [1.82, 2.24) is 9.88 Å². The van der Waals surface area contributed by atoms with Crippen molar-refractivity contribution in [1.29, 1.82) is 0 Å². The topological polar surface area (TPSA) is 79.8 Å². The molecule has 0 aliphatic rings. The van der Waals surface area contributed by atoms with Gasteiger partial charge in [-0.3, -0.25) is 9.69 Å². The van der Waals surface area contributed by atoms with Crippen LogP contribution in [0.3, 0.4) is 0 Å². The van der Waals surface area contributed by atoms with E-state index in [0.717, 1.165) is 22.2 Å². The Kier molecular flexibility index (Phi) is 6.74. The van der Waals surface area contributed by atoms with Crippen LogP contribution >= 0.6 is 11.3 Å². The number of sulfone groups is 1. The van der Waals surface area contributed by atoms with Gasteiger partial charge in [-0.1, -0.05) is 23.5 Å². The molecule has 3 aromatic rings. The molecule has 2 aromatic carbocycles. The van der Waals surface area contributed by atoms with Gasteiger partial charge in [0.2, 0.25) is 0 Å². The SMILES string of the molecule is CCOc1ccc2nc(N(CCN(C)C)C(=O)c3ccccc3S(C)(=O)=O)sc2c1. The first kappa shape index (κ1) is 22.2. The number of carbonyl (C=O) groups is 1. The molecular weight excluding hydrogens is 422 g/mol. The van der Waals surface area contributed by atoms with Crippen molar-refractivity contribution in [2.45, 2.75) is 11.8 Å². The Morgan fingerprint density at radius 3 is 2.53 bits per heavy atom. The summed E-state index contributed by atoms with van der Waals surface area (Å²) in [4.78, 5) is 21.6. The number of fused-ring (bicyclic) bond motifs is 1. The normalized spacial score (nSPS) is 11.8. The Hall–Kier alpha value is -2.49. The van der Waals surface area contributed by atoms with E-state index in [2.05, 4.69) is 4.98 Å². The Labute approximate surface area is 180 Å². The molecule has 0 atom stereocenters. The van der Waals surface area contributed by atoms with E-state index in [9.17, 15) is 13.2 Å². The van der Waals surface area contributed by atoms with Gasteiger partial charge in [0.25, 0.3) is 5.91 Å². The number of aromatic nitrogens is 1. The van der Waals surface area contributed by atoms with Crippen molar-refractivity contribution in [3.8, 4) is 5.75 Å². The standard InChI is InChI=1S/C21H25N3O4S2/c1-5-28-15-10-11-17-18(14-15)29-21(22-17)24(13-12-23(2)3)20(25)16-8-6-7-9-19(16)30(4,26)27/h6-11,14H,5,12-13H2,1-4H3. The van der Waals surface area contributed by atoms with Crippen LogP contribution in [0.4, 0.5) is 5.13 Å². The molecule has 3 rings (SSSR count). The molecule has 0 fully saturated rings. The van der Waals surface area contributed by atoms with Crippen molar-refractivity contribution < 1.29 is 17.9 Å². The number of anilines is 1. The van der Waals surface area contributed by atoms with E-state index in [1.54, 1.807) is 23.1 Å². The van der Waals surface area contributed by atoms with Crippen LogP contribution in [0.1, 0.15) is 17.3 Å². The van der Waals surface area contributed by atoms with Crippen LogP contribution in [0.25, 0.3) is 10.2 Å². The summed E-state index contributed by atoms with van der Waals surface area (Å²) in [7, 11) is 0.279. The zero-order valence-corrected chi connectivity index (χ0v) is 19.1. The maximum Gasteiger partial charge on any atom is 0.261 e. The lowest BCUT2D eigenvalue weighted by atomic mass is 10.2. The third-order valence-electron chi connectivity index (χ3n) is 4.42. The molecular formula is C21H25N3O4S2. The van der Waals surface area contributed by atoms with Gasteiger partial charge >= 0.3 is 0 Å². The summed E-state index contributed by atoms with van der Waals surface area (Å²) in [5.41, 5.74) is 0.908. The third-order valence-corrected chi connectivity index (χ3v) is 6.62. The number of nitrogens with zero attached hydrogens (tertiary/aromatic N) is 3. The largest absolute Gasteiger partial charge is 0.494 e. The van der Waals surface area contributed by atoms with Gasteiger partial charge in [-0.15, -0.1) is 0 Å². The monoisotopic (exact) mass is 447 g/mol. The molecule has 160 valence electrons. The highest BCUT2D eigenvalue weighted by molar-refractivity contribution is 7.90. The minimum Gasteiger partial charge on any atom is -0.494 e. The number of likely N-dealkylation sites (N-methyl/N-ethyl adjacent to an activating group) is 1. The van der Waals surface area contributed by atoms with Gasteiger partial charge in [0.15, 0.2) is 15.0 Å². The summed E-state index contributed by atoms with van der Waals surface area (Å²) < 4.78 is 30.9. The lowest BCUT2D eigenvalue weighted by Gasteiger charge is -2.22. The van der Waals surface area contributed by atoms with Gasteiger partial charge in [0.05, 0.1) is 27.3 Å². The second-order valence-corrected chi connectivity index (χ2v) is 10.1. The van der Waals surface area contributed by atoms with Crippen LogP contribution in [0.5, 0.6) is 5.75 Å². The van der Waals surface area contributed by atoms with Crippen molar-refractivity contribution >= 4 is 42.4 Å². The van der Waals surface area contributed by atoms with Crippen molar-refractivity contribution in [2.24, 2.45) is 0 Å². The minimum atomic E-state index is -3.55. The van der Waals surface area contributed by atoms with Crippen LogP contribution in [0.15, 0.2) is 47.4 Å². The van der Waals surface area contributed by atoms with Crippen LogP contribution in [0, 0.1) is 0 Å². The van der Waals surface area contributed by atoms with E-state index in [1.807, 2.05) is 44.1 Å². The number of ether oxygens (including phenoxy) is 1. The van der Waals surface area contributed by atoms with Crippen LogP contribution in [-0.4, -0.2) is 64.3 Å². The zero-order chi connectivity index (χ0) is 21.9. The molecule has 1 aromatic heterocycles. The average molecular weight is 448 g/mol. The molecule has 0 N–H and O–H groups in total. The molecule has 0 unspecified atom stereocenters. The number of hydrogen-bond acceptors (Lipinski definition) is 7. The van der Waals surface area contributed by atoms with Crippen molar-refractivity contribution in [3.63, 3.8) is 0 Å². The molecule has 9 heteroatoms. The highest BCUT2D eigenvalue weighted by atomic mass is 32.2. The Balaban J connectivity index is 2.06. The Morgan fingerprint density at radius 1 is 1.13 bits per heavy atom. The van der Waals surface area contributed by atoms with Gasteiger partial charge in [-0.25, -0.2) is 13.4 Å². The van der Waals surface area contributed by atoms with Crippen LogP contribution in [-0.2, 0) is 9.84 Å². The molecule has 0 aliphatic heterocycles. The van der Waals surface area contributed by atoms with Gasteiger partial charge in [-0.2, -0.15) is 0 Å². The molecule has 0 spiro atoms. The summed E-state index contributed by atoms with van der Waals surface area (Å²) in [5, 5.41) is 0.522. The maximum atomic E-state index is 13.5. The second kappa shape index (κ2) is 9.11. The fourth-order valence-electron chi connectivity index (χ4n) is 2.96. The van der Waals surface area contributed by atoms with Gasteiger partial charge < -0.3 is 9.64 Å². The fraction of sp³-hybridized carbons (Fsp3) is 0.333. The lowest BCUT2D eigenvalue weighted by Crippen LogP contribution is -2.37. The van der Waals surface area contributed by atoms with E-state index in [4.69, 9.17) is 4.74 Å². The molecule has 30 heavy (non-hydrogen) atoms. The molecule has 0 saturated heterocycles. The molecule has 1 heterocycles. The van der Waals surface area contributed by atoms with Crippen molar-refractivity contribution in [3.05, 3.63) is 48.0 Å². The molecule has 7 nitrogen and oxygen atoms in total. The summed E-state index contributed by atoms with van der Waals surface area (Å²) in [6.07, 6.45) is 1.11. The highest BCUT2D eigenvalue weighted by Crippen LogP contribution is 2.32. The minimum absolute atomic E-state index is 0.0181. The molecule has 0 aliphatic carbocycles. The number of benzene rings is 2. The lowest BCUT2D eigenvalue weighted by molar-refractivity contribution is 0.0982. The predicted octanol–water partition coefficient (Wildman–Crippen LogP) is 3.31. The molecule has 0 bridgehead atoms. The summed E-state index contributed by atoms with van der Waals surface area (Å²) in [6, 6.07) is 11.9. The average Bonchev–Trinajstić information content (AvgIpc) is 3.10. The maximum absolute atomic E-state index is 13.5. The summed E-state index contributed by atoms with van der Waals surface area (Å²) in [5.74, 6) is 0.357. The molecule has 1 amide bonds. The second-order valence-electron chi connectivity index (χ2n) is 7.09. The molecule has 0 radical (unpaired) electrons. The fourth-order valence-corrected chi connectivity index (χ4v) is 4.86. The van der Waals surface area contributed by atoms with Gasteiger partial charge in [-0.05, 0) is 51.4 Å². The van der Waals surface area contributed by atoms with E-state index in [-0.39, 0.29) is 16.4 Å². The number of rotatable bonds is 8. The summed E-state index contributed by atoms with van der Waals surface area (Å²) >= 11 is 1.38. The van der Waals surface area contributed by atoms with Crippen molar-refractivity contribution in [2.75, 3.05) is 44.9 Å². The van der Waals surface area contributed by atoms with Gasteiger partial charge in [0, 0.05) is 19.3 Å².